The number of esters is 1. The zero-order valence-corrected chi connectivity index (χ0v) is 25.5. The summed E-state index contributed by atoms with van der Waals surface area (Å²) in [5, 5.41) is 20.3. The number of carbonyl (C=O) groups excluding carboxylic acids is 1. The first-order valence-electron chi connectivity index (χ1n) is 15.6. The lowest BCUT2D eigenvalue weighted by atomic mass is 9.96. The minimum absolute atomic E-state index is 0.00321. The molecule has 3 aliphatic rings. The van der Waals surface area contributed by atoms with Crippen molar-refractivity contribution in [2.24, 2.45) is 0 Å². The van der Waals surface area contributed by atoms with Gasteiger partial charge < -0.3 is 24.4 Å². The number of unbranched alkanes of at least 4 members (excludes halogenated alkanes) is 5. The highest BCUT2D eigenvalue weighted by Crippen LogP contribution is 2.46. The first kappa shape index (κ1) is 32.1. The van der Waals surface area contributed by atoms with Gasteiger partial charge in [0.2, 0.25) is 0 Å². The zero-order chi connectivity index (χ0) is 29.1. The number of rotatable bonds is 14. The topological polar surface area (TPSA) is 85.2 Å². The molecule has 2 N–H and O–H groups in total. The molecule has 0 saturated carbocycles. The maximum absolute atomic E-state index is 12.7. The minimum Gasteiger partial charge on any atom is -0.462 e. The molecule has 226 valence electrons. The van der Waals surface area contributed by atoms with Crippen molar-refractivity contribution < 1.29 is 29.2 Å². The highest BCUT2D eigenvalue weighted by Gasteiger charge is 2.48. The van der Waals surface area contributed by atoms with Crippen LogP contribution in [0.1, 0.15) is 97.3 Å². The van der Waals surface area contributed by atoms with Crippen LogP contribution in [0.25, 0.3) is 0 Å². The van der Waals surface area contributed by atoms with Gasteiger partial charge in [0.1, 0.15) is 10.9 Å². The molecule has 41 heavy (non-hydrogen) atoms. The summed E-state index contributed by atoms with van der Waals surface area (Å²) in [7, 11) is 0. The molecule has 3 saturated heterocycles. The number of ether oxygens (including phenoxy) is 3. The van der Waals surface area contributed by atoms with Gasteiger partial charge in [-0.25, -0.2) is 0 Å². The van der Waals surface area contributed by atoms with Crippen LogP contribution in [0.5, 0.6) is 0 Å². The van der Waals surface area contributed by atoms with E-state index >= 15 is 0 Å². The number of cyclic esters (lactones) is 1. The number of carbonyl (C=O) groups is 1. The summed E-state index contributed by atoms with van der Waals surface area (Å²) in [6, 6.07) is 10.2. The number of thioether (sulfide) groups is 1. The molecular weight excluding hydrogens is 536 g/mol. The van der Waals surface area contributed by atoms with Gasteiger partial charge in [-0.05, 0) is 77.0 Å². The molecule has 3 fully saturated rings. The van der Waals surface area contributed by atoms with Crippen molar-refractivity contribution in [3.63, 3.8) is 0 Å². The van der Waals surface area contributed by atoms with Crippen molar-refractivity contribution >= 4 is 17.7 Å². The van der Waals surface area contributed by atoms with E-state index in [1.54, 1.807) is 18.7 Å². The van der Waals surface area contributed by atoms with Crippen LogP contribution in [0.4, 0.5) is 0 Å². The van der Waals surface area contributed by atoms with Gasteiger partial charge in [0, 0.05) is 17.7 Å². The van der Waals surface area contributed by atoms with Gasteiger partial charge in [-0.2, -0.15) is 0 Å². The van der Waals surface area contributed by atoms with Crippen molar-refractivity contribution in [1.29, 1.82) is 0 Å². The second kappa shape index (κ2) is 16.1. The molecule has 6 nitrogen and oxygen atoms in total. The van der Waals surface area contributed by atoms with Crippen molar-refractivity contribution in [2.75, 3.05) is 0 Å². The average Bonchev–Trinajstić information content (AvgIpc) is 3.69. The van der Waals surface area contributed by atoms with Gasteiger partial charge >= 0.3 is 5.97 Å². The van der Waals surface area contributed by atoms with E-state index < -0.39 is 17.0 Å². The number of hydrogen-bond acceptors (Lipinski definition) is 7. The smallest absolute Gasteiger partial charge is 0.322 e. The Balaban J connectivity index is 1.05. The third kappa shape index (κ3) is 9.59. The molecule has 3 aliphatic heterocycles. The second-order valence-corrected chi connectivity index (χ2v) is 13.4. The summed E-state index contributed by atoms with van der Waals surface area (Å²) in [4.78, 5) is 13.9. The molecule has 4 rings (SSSR count). The lowest BCUT2D eigenvalue weighted by Gasteiger charge is -2.24. The van der Waals surface area contributed by atoms with Gasteiger partial charge in [0.25, 0.3) is 0 Å². The Hall–Kier alpha value is -1.82. The Morgan fingerprint density at radius 3 is 2.37 bits per heavy atom. The van der Waals surface area contributed by atoms with Crippen LogP contribution < -0.4 is 0 Å². The van der Waals surface area contributed by atoms with Gasteiger partial charge in [0.15, 0.2) is 0 Å². The summed E-state index contributed by atoms with van der Waals surface area (Å²) < 4.78 is 17.1. The molecule has 3 heterocycles. The van der Waals surface area contributed by atoms with Gasteiger partial charge in [-0.1, -0.05) is 61.8 Å². The van der Waals surface area contributed by atoms with Crippen LogP contribution in [0.3, 0.4) is 0 Å². The van der Waals surface area contributed by atoms with Crippen molar-refractivity contribution in [3.05, 3.63) is 42.5 Å². The van der Waals surface area contributed by atoms with Gasteiger partial charge in [-0.3, -0.25) is 4.79 Å². The van der Waals surface area contributed by atoms with E-state index in [2.05, 4.69) is 30.0 Å². The van der Waals surface area contributed by atoms with Crippen molar-refractivity contribution in [1.82, 2.24) is 0 Å². The Labute approximate surface area is 250 Å². The molecular formula is C34H48O6S. The van der Waals surface area contributed by atoms with Crippen LogP contribution in [0.15, 0.2) is 47.4 Å². The van der Waals surface area contributed by atoms with Crippen LogP contribution in [-0.4, -0.2) is 63.7 Å². The highest BCUT2D eigenvalue weighted by molar-refractivity contribution is 8.01. The van der Waals surface area contributed by atoms with Crippen LogP contribution >= 0.6 is 11.8 Å². The fourth-order valence-electron chi connectivity index (χ4n) is 6.19. The molecule has 1 aromatic carbocycles. The molecule has 7 heteroatoms. The largest absolute Gasteiger partial charge is 0.462 e. The number of aliphatic hydroxyl groups excluding tert-OH is 2. The van der Waals surface area contributed by atoms with Gasteiger partial charge in [-0.15, -0.1) is 11.8 Å². The fourth-order valence-corrected chi connectivity index (χ4v) is 7.63. The molecule has 0 amide bonds. The Morgan fingerprint density at radius 2 is 1.68 bits per heavy atom. The average molecular weight is 585 g/mol. The summed E-state index contributed by atoms with van der Waals surface area (Å²) in [5.41, 5.74) is 0. The number of aliphatic hydroxyl groups is 2. The number of benzene rings is 1. The SMILES string of the molecule is C[C@H]1CC(CCCCCCC/C=C/C#CC[C@@H](O)[C@H]2CC[C@H]([C@H]3CC[C@H]([C@@H](C)O)O3)O2)(Sc2ccccc2)C(=O)O1. The maximum Gasteiger partial charge on any atom is 0.322 e. The Kier molecular flexibility index (Phi) is 12.6. The van der Waals surface area contributed by atoms with Gasteiger partial charge in [0.05, 0.1) is 36.6 Å². The summed E-state index contributed by atoms with van der Waals surface area (Å²) in [5.74, 6) is 6.07. The minimum atomic E-state index is -0.589. The van der Waals surface area contributed by atoms with E-state index in [0.717, 1.165) is 75.5 Å². The number of hydrogen-bond donors (Lipinski definition) is 2. The second-order valence-electron chi connectivity index (χ2n) is 12.0. The first-order valence-corrected chi connectivity index (χ1v) is 16.4. The van der Waals surface area contributed by atoms with E-state index in [1.807, 2.05) is 31.2 Å². The molecule has 0 aromatic heterocycles. The monoisotopic (exact) mass is 584 g/mol. The Bertz CT molecular complexity index is 1030. The molecule has 8 atom stereocenters. The first-order chi connectivity index (χ1) is 19.9. The third-order valence-electron chi connectivity index (χ3n) is 8.47. The van der Waals surface area contributed by atoms with E-state index in [4.69, 9.17) is 14.2 Å². The third-order valence-corrected chi connectivity index (χ3v) is 9.91. The van der Waals surface area contributed by atoms with E-state index in [-0.39, 0.29) is 36.5 Å². The van der Waals surface area contributed by atoms with E-state index in [9.17, 15) is 15.0 Å². The quantitative estimate of drug-likeness (QED) is 0.149. The maximum atomic E-state index is 12.7. The summed E-state index contributed by atoms with van der Waals surface area (Å²) >= 11 is 1.67. The van der Waals surface area contributed by atoms with E-state index in [1.165, 1.54) is 6.42 Å². The summed E-state index contributed by atoms with van der Waals surface area (Å²) in [6.07, 6.45) is 14.8. The predicted molar refractivity (Wildman–Crippen MR) is 163 cm³/mol. The lowest BCUT2D eigenvalue weighted by Crippen LogP contribution is -2.32. The molecule has 0 aliphatic carbocycles. The Morgan fingerprint density at radius 1 is 1.00 bits per heavy atom. The highest BCUT2D eigenvalue weighted by atomic mass is 32.2. The molecule has 0 bridgehead atoms. The van der Waals surface area contributed by atoms with Crippen LogP contribution in [0.2, 0.25) is 0 Å². The van der Waals surface area contributed by atoms with Crippen LogP contribution in [0, 0.1) is 11.8 Å². The standard InChI is InChI=1S/C34H48O6S/c1-25-24-34(33(37)38-25,41-27-16-12-11-13-17-27)23-15-10-8-6-4-3-5-7-9-14-18-28(36)30-20-22-32(40-30)31-21-19-29(39-31)26(2)35/h5,7,11-13,16-17,25-26,28-32,35-36H,3-4,6,8,10,15,18-24H2,1-2H3/b7-5+/t25-,26+,28+,29+,30+,31+,32+,34?/m0/s1. The predicted octanol–water partition coefficient (Wildman–Crippen LogP) is 6.37. The van der Waals surface area contributed by atoms with Crippen molar-refractivity contribution in [2.45, 2.75) is 150 Å². The molecule has 0 radical (unpaired) electrons. The van der Waals surface area contributed by atoms with E-state index in [0.29, 0.717) is 6.42 Å². The number of allylic oxidation sites excluding steroid dienone is 2. The van der Waals surface area contributed by atoms with Crippen LogP contribution in [-0.2, 0) is 19.0 Å². The molecule has 0 spiro atoms. The molecule has 1 unspecified atom stereocenters. The zero-order valence-electron chi connectivity index (χ0n) is 24.7. The summed E-state index contributed by atoms with van der Waals surface area (Å²) in [6.45, 7) is 3.76. The normalized spacial score (nSPS) is 31.2. The molecule has 1 aromatic rings. The lowest BCUT2D eigenvalue weighted by molar-refractivity contribution is -0.142. The fraction of sp³-hybridized carbons (Fsp3) is 0.676. The van der Waals surface area contributed by atoms with Crippen molar-refractivity contribution in [3.8, 4) is 11.8 Å².